The molecule has 0 fully saturated rings. The van der Waals surface area contributed by atoms with E-state index in [1.165, 1.54) is 0 Å². The van der Waals surface area contributed by atoms with Crippen LogP contribution in [0.1, 0.15) is 25.1 Å². The topological polar surface area (TPSA) is 85.4 Å². The Morgan fingerprint density at radius 3 is 2.72 bits per heavy atom. The van der Waals surface area contributed by atoms with Crippen molar-refractivity contribution in [1.29, 1.82) is 0 Å². The normalized spacial score (nSPS) is 12.0. The monoisotopic (exact) mass is 274 g/mol. The minimum atomic E-state index is -0.954. The zero-order valence-electron chi connectivity index (χ0n) is 10.5. The second kappa shape index (κ2) is 8.02. The van der Waals surface area contributed by atoms with E-state index in [0.717, 1.165) is 11.3 Å². The first-order chi connectivity index (χ1) is 8.02. The minimum Gasteiger partial charge on any atom is -0.479 e. The Bertz CT molecular complexity index is 385. The van der Waals surface area contributed by atoms with Gasteiger partial charge in [0.25, 0.3) is 0 Å². The number of carbonyl (C=O) groups is 1. The van der Waals surface area contributed by atoms with Crippen LogP contribution in [-0.2, 0) is 22.5 Å². The van der Waals surface area contributed by atoms with Crippen molar-refractivity contribution in [2.24, 2.45) is 5.73 Å². The number of aliphatic carboxylic acids is 1. The molecule has 5 nitrogen and oxygen atoms in total. The van der Waals surface area contributed by atoms with Crippen LogP contribution in [-0.4, -0.2) is 28.3 Å². The molecular weight excluding hydrogens is 256 g/mol. The maximum Gasteiger partial charge on any atom is 0.333 e. The van der Waals surface area contributed by atoms with E-state index in [0.29, 0.717) is 13.0 Å². The van der Waals surface area contributed by atoms with Crippen LogP contribution in [0.5, 0.6) is 0 Å². The first-order valence-corrected chi connectivity index (χ1v) is 5.55. The molecule has 0 aromatic carbocycles. The quantitative estimate of drug-likeness (QED) is 0.819. The van der Waals surface area contributed by atoms with E-state index in [1.807, 2.05) is 13.8 Å². The fourth-order valence-electron chi connectivity index (χ4n) is 1.50. The molecule has 1 unspecified atom stereocenters. The number of carboxylic acids is 1. The second-order valence-corrected chi connectivity index (χ2v) is 4.08. The smallest absolute Gasteiger partial charge is 0.333 e. The molecule has 6 heteroatoms. The van der Waals surface area contributed by atoms with Crippen molar-refractivity contribution in [3.05, 3.63) is 29.6 Å². The molecule has 3 N–H and O–H groups in total. The SMILES string of the molecule is CC(C)OC(Cc1ccnc(CN)c1)C(=O)O.Cl. The Hall–Kier alpha value is -1.17. The number of halogens is 1. The van der Waals surface area contributed by atoms with Gasteiger partial charge in [-0.3, -0.25) is 4.98 Å². The predicted molar refractivity (Wildman–Crippen MR) is 70.7 cm³/mol. The maximum absolute atomic E-state index is 11.0. The summed E-state index contributed by atoms with van der Waals surface area (Å²) < 4.78 is 5.34. The number of aromatic nitrogens is 1. The summed E-state index contributed by atoms with van der Waals surface area (Å²) >= 11 is 0. The van der Waals surface area contributed by atoms with Gasteiger partial charge in [0.15, 0.2) is 6.10 Å². The zero-order chi connectivity index (χ0) is 12.8. The third-order valence-corrected chi connectivity index (χ3v) is 2.22. The van der Waals surface area contributed by atoms with Crippen LogP contribution in [0.4, 0.5) is 0 Å². The molecule has 0 aliphatic heterocycles. The number of pyridine rings is 1. The fraction of sp³-hybridized carbons (Fsp3) is 0.500. The van der Waals surface area contributed by atoms with E-state index >= 15 is 0 Å². The van der Waals surface area contributed by atoms with Crippen molar-refractivity contribution in [2.45, 2.75) is 39.0 Å². The van der Waals surface area contributed by atoms with E-state index in [-0.39, 0.29) is 18.5 Å². The third kappa shape index (κ3) is 5.44. The molecule has 1 heterocycles. The molecule has 0 spiro atoms. The molecule has 1 atom stereocenters. The summed E-state index contributed by atoms with van der Waals surface area (Å²) in [4.78, 5) is 15.1. The lowest BCUT2D eigenvalue weighted by atomic mass is 10.1. The van der Waals surface area contributed by atoms with Crippen molar-refractivity contribution in [2.75, 3.05) is 0 Å². The summed E-state index contributed by atoms with van der Waals surface area (Å²) in [5, 5.41) is 9.04. The fourth-order valence-corrected chi connectivity index (χ4v) is 1.50. The average molecular weight is 275 g/mol. The van der Waals surface area contributed by atoms with Gasteiger partial charge in [0, 0.05) is 19.2 Å². The highest BCUT2D eigenvalue weighted by atomic mass is 35.5. The Morgan fingerprint density at radius 1 is 1.56 bits per heavy atom. The Balaban J connectivity index is 0.00000289. The van der Waals surface area contributed by atoms with Crippen LogP contribution in [0, 0.1) is 0 Å². The van der Waals surface area contributed by atoms with Crippen molar-refractivity contribution in [3.63, 3.8) is 0 Å². The van der Waals surface area contributed by atoms with Crippen LogP contribution in [0.2, 0.25) is 0 Å². The van der Waals surface area contributed by atoms with Gasteiger partial charge in [0.1, 0.15) is 0 Å². The van der Waals surface area contributed by atoms with Crippen LogP contribution >= 0.6 is 12.4 Å². The molecule has 1 rings (SSSR count). The lowest BCUT2D eigenvalue weighted by molar-refractivity contribution is -0.153. The number of hydrogen-bond donors (Lipinski definition) is 2. The number of rotatable bonds is 6. The molecule has 0 aliphatic rings. The predicted octanol–water partition coefficient (Wildman–Crippen LogP) is 1.38. The highest BCUT2D eigenvalue weighted by Crippen LogP contribution is 2.09. The van der Waals surface area contributed by atoms with Gasteiger partial charge in [-0.1, -0.05) is 0 Å². The first kappa shape index (κ1) is 16.8. The summed E-state index contributed by atoms with van der Waals surface area (Å²) in [5.74, 6) is -0.954. The largest absolute Gasteiger partial charge is 0.479 e. The van der Waals surface area contributed by atoms with Crippen LogP contribution in [0.15, 0.2) is 18.3 Å². The molecule has 0 aliphatic carbocycles. The van der Waals surface area contributed by atoms with Crippen molar-refractivity contribution in [3.8, 4) is 0 Å². The molecule has 102 valence electrons. The second-order valence-electron chi connectivity index (χ2n) is 4.08. The molecule has 0 saturated heterocycles. The van der Waals surface area contributed by atoms with Gasteiger partial charge in [-0.25, -0.2) is 4.79 Å². The number of nitrogens with two attached hydrogens (primary N) is 1. The van der Waals surface area contributed by atoms with E-state index in [9.17, 15) is 4.79 Å². The molecule has 1 aromatic heterocycles. The molecule has 1 aromatic rings. The van der Waals surface area contributed by atoms with Crippen molar-refractivity contribution in [1.82, 2.24) is 4.98 Å². The Kier molecular flexibility index (Phi) is 7.50. The molecule has 0 bridgehead atoms. The van der Waals surface area contributed by atoms with Gasteiger partial charge in [-0.15, -0.1) is 12.4 Å². The van der Waals surface area contributed by atoms with E-state index in [4.69, 9.17) is 15.6 Å². The van der Waals surface area contributed by atoms with E-state index in [1.54, 1.807) is 18.3 Å². The van der Waals surface area contributed by atoms with Crippen molar-refractivity contribution < 1.29 is 14.6 Å². The average Bonchev–Trinajstić information content (AvgIpc) is 2.27. The van der Waals surface area contributed by atoms with Gasteiger partial charge in [-0.05, 0) is 31.5 Å². The van der Waals surface area contributed by atoms with Gasteiger partial charge in [-0.2, -0.15) is 0 Å². The number of ether oxygens (including phenoxy) is 1. The Labute approximate surface area is 113 Å². The molecular formula is C12H19ClN2O3. The minimum absolute atomic E-state index is 0. The molecule has 0 saturated carbocycles. The zero-order valence-corrected chi connectivity index (χ0v) is 11.3. The summed E-state index contributed by atoms with van der Waals surface area (Å²) in [5.41, 5.74) is 7.10. The Morgan fingerprint density at radius 2 is 2.22 bits per heavy atom. The molecule has 18 heavy (non-hydrogen) atoms. The van der Waals surface area contributed by atoms with Gasteiger partial charge in [0.2, 0.25) is 0 Å². The van der Waals surface area contributed by atoms with Crippen molar-refractivity contribution >= 4 is 18.4 Å². The maximum atomic E-state index is 11.0. The van der Waals surface area contributed by atoms with Gasteiger partial charge < -0.3 is 15.6 Å². The van der Waals surface area contributed by atoms with Crippen LogP contribution < -0.4 is 5.73 Å². The summed E-state index contributed by atoms with van der Waals surface area (Å²) in [6.07, 6.45) is 1.00. The molecule has 0 amide bonds. The summed E-state index contributed by atoms with van der Waals surface area (Å²) in [6.45, 7) is 3.97. The highest BCUT2D eigenvalue weighted by molar-refractivity contribution is 5.85. The van der Waals surface area contributed by atoms with Crippen LogP contribution in [0.3, 0.4) is 0 Å². The standard InChI is InChI=1S/C12H18N2O3.ClH/c1-8(2)17-11(12(15)16)6-9-3-4-14-10(5-9)7-13;/h3-5,8,11H,6-7,13H2,1-2H3,(H,15,16);1H. The lowest BCUT2D eigenvalue weighted by Gasteiger charge is -2.16. The number of hydrogen-bond acceptors (Lipinski definition) is 4. The summed E-state index contributed by atoms with van der Waals surface area (Å²) in [7, 11) is 0. The number of carboxylic acid groups (broad SMARTS) is 1. The highest BCUT2D eigenvalue weighted by Gasteiger charge is 2.20. The van der Waals surface area contributed by atoms with Crippen LogP contribution in [0.25, 0.3) is 0 Å². The number of nitrogens with zero attached hydrogens (tertiary/aromatic N) is 1. The van der Waals surface area contributed by atoms with Gasteiger partial charge in [0.05, 0.1) is 11.8 Å². The lowest BCUT2D eigenvalue weighted by Crippen LogP contribution is -2.29. The van der Waals surface area contributed by atoms with Gasteiger partial charge >= 0.3 is 5.97 Å². The molecule has 0 radical (unpaired) electrons. The van der Waals surface area contributed by atoms with E-state index < -0.39 is 12.1 Å². The summed E-state index contributed by atoms with van der Waals surface area (Å²) in [6, 6.07) is 3.58. The van der Waals surface area contributed by atoms with E-state index in [2.05, 4.69) is 4.98 Å². The third-order valence-electron chi connectivity index (χ3n) is 2.22. The first-order valence-electron chi connectivity index (χ1n) is 5.55.